The summed E-state index contributed by atoms with van der Waals surface area (Å²) in [6.07, 6.45) is 0.775. The maximum Gasteiger partial charge on any atom is 0.164 e. The van der Waals surface area contributed by atoms with Crippen LogP contribution in [0.15, 0.2) is 12.1 Å². The first kappa shape index (κ1) is 16.4. The van der Waals surface area contributed by atoms with Gasteiger partial charge in [0.25, 0.3) is 0 Å². The van der Waals surface area contributed by atoms with E-state index in [9.17, 15) is 0 Å². The molecule has 0 aliphatic heterocycles. The van der Waals surface area contributed by atoms with Crippen molar-refractivity contribution in [2.45, 2.75) is 6.42 Å². The van der Waals surface area contributed by atoms with Gasteiger partial charge < -0.3 is 29.4 Å². The van der Waals surface area contributed by atoms with Crippen LogP contribution in [0.25, 0.3) is 0 Å². The largest absolute Gasteiger partial charge is 0.493 e. The van der Waals surface area contributed by atoms with E-state index in [1.54, 1.807) is 33.5 Å². The van der Waals surface area contributed by atoms with Crippen molar-refractivity contribution in [1.82, 2.24) is 0 Å². The fourth-order valence-electron chi connectivity index (χ4n) is 1.59. The zero-order valence-corrected chi connectivity index (χ0v) is 12.3. The molecule has 0 aliphatic rings. The van der Waals surface area contributed by atoms with Gasteiger partial charge in [-0.05, 0) is 0 Å². The number of ether oxygens (including phenoxy) is 5. The maximum atomic E-state index is 5.89. The normalized spacial score (nSPS) is 10.3. The van der Waals surface area contributed by atoms with Gasteiger partial charge in [0, 0.05) is 32.3 Å². The third kappa shape index (κ3) is 5.14. The highest BCUT2D eigenvalue weighted by atomic mass is 16.5. The Balaban J connectivity index is 2.40. The van der Waals surface area contributed by atoms with Crippen molar-refractivity contribution in [1.29, 1.82) is 0 Å². The summed E-state index contributed by atoms with van der Waals surface area (Å²) in [6, 6.07) is 3.41. The summed E-state index contributed by atoms with van der Waals surface area (Å²) >= 11 is 0. The van der Waals surface area contributed by atoms with E-state index in [0.29, 0.717) is 49.4 Å². The second-order valence-electron chi connectivity index (χ2n) is 4.05. The van der Waals surface area contributed by atoms with Crippen molar-refractivity contribution in [2.24, 2.45) is 0 Å². The first-order valence-corrected chi connectivity index (χ1v) is 6.44. The van der Waals surface area contributed by atoms with Gasteiger partial charge in [-0.1, -0.05) is 0 Å². The summed E-state index contributed by atoms with van der Waals surface area (Å²) in [6.45, 7) is 2.34. The van der Waals surface area contributed by atoms with Gasteiger partial charge in [0.05, 0.1) is 39.7 Å². The SMILES string of the molecule is COCCOCCCOc1cc(OC)c(OC)cc1N. The van der Waals surface area contributed by atoms with Gasteiger partial charge in [-0.15, -0.1) is 0 Å². The van der Waals surface area contributed by atoms with Crippen molar-refractivity contribution in [3.8, 4) is 17.2 Å². The molecule has 0 aromatic heterocycles. The lowest BCUT2D eigenvalue weighted by Crippen LogP contribution is -2.07. The van der Waals surface area contributed by atoms with E-state index in [1.165, 1.54) is 0 Å². The minimum atomic E-state index is 0.517. The highest BCUT2D eigenvalue weighted by Crippen LogP contribution is 2.36. The lowest BCUT2D eigenvalue weighted by Gasteiger charge is -2.13. The zero-order chi connectivity index (χ0) is 14.8. The third-order valence-corrected chi connectivity index (χ3v) is 2.64. The molecule has 2 N–H and O–H groups in total. The van der Waals surface area contributed by atoms with Gasteiger partial charge in [0.2, 0.25) is 0 Å². The van der Waals surface area contributed by atoms with E-state index in [1.807, 2.05) is 0 Å². The predicted molar refractivity (Wildman–Crippen MR) is 76.8 cm³/mol. The molecule has 0 saturated carbocycles. The number of nitrogens with two attached hydrogens (primary N) is 1. The van der Waals surface area contributed by atoms with Crippen LogP contribution in [-0.2, 0) is 9.47 Å². The summed E-state index contributed by atoms with van der Waals surface area (Å²) in [5.41, 5.74) is 6.41. The fourth-order valence-corrected chi connectivity index (χ4v) is 1.59. The summed E-state index contributed by atoms with van der Waals surface area (Å²) in [5, 5.41) is 0. The molecule has 114 valence electrons. The summed E-state index contributed by atoms with van der Waals surface area (Å²) < 4.78 is 26.2. The molecule has 20 heavy (non-hydrogen) atoms. The molecule has 0 heterocycles. The minimum Gasteiger partial charge on any atom is -0.493 e. The molecule has 1 aromatic carbocycles. The lowest BCUT2D eigenvalue weighted by atomic mass is 10.2. The standard InChI is InChI=1S/C14H23NO5/c1-16-7-8-19-5-4-6-20-12-10-14(18-3)13(17-2)9-11(12)15/h9-10H,4-8,15H2,1-3H3. The Kier molecular flexibility index (Phi) is 7.60. The molecule has 1 aromatic rings. The van der Waals surface area contributed by atoms with E-state index in [0.717, 1.165) is 6.42 Å². The lowest BCUT2D eigenvalue weighted by molar-refractivity contribution is 0.0644. The van der Waals surface area contributed by atoms with Gasteiger partial charge in [-0.3, -0.25) is 0 Å². The molecule has 0 amide bonds. The number of anilines is 1. The van der Waals surface area contributed by atoms with Crippen LogP contribution in [0.2, 0.25) is 0 Å². The molecule has 0 atom stereocenters. The van der Waals surface area contributed by atoms with Crippen LogP contribution in [0, 0.1) is 0 Å². The van der Waals surface area contributed by atoms with Crippen LogP contribution in [0.4, 0.5) is 5.69 Å². The summed E-state index contributed by atoms with van der Waals surface area (Å²) in [4.78, 5) is 0. The maximum absolute atomic E-state index is 5.89. The average molecular weight is 285 g/mol. The monoisotopic (exact) mass is 285 g/mol. The van der Waals surface area contributed by atoms with E-state index in [-0.39, 0.29) is 0 Å². The van der Waals surface area contributed by atoms with E-state index in [4.69, 9.17) is 29.4 Å². The molecule has 0 aliphatic carbocycles. The van der Waals surface area contributed by atoms with E-state index >= 15 is 0 Å². The predicted octanol–water partition coefficient (Wildman–Crippen LogP) is 1.72. The summed E-state index contributed by atoms with van der Waals surface area (Å²) in [5.74, 6) is 1.76. The topological polar surface area (TPSA) is 72.2 Å². The minimum absolute atomic E-state index is 0.517. The first-order chi connectivity index (χ1) is 9.72. The smallest absolute Gasteiger partial charge is 0.164 e. The third-order valence-electron chi connectivity index (χ3n) is 2.64. The molecular weight excluding hydrogens is 262 g/mol. The fraction of sp³-hybridized carbons (Fsp3) is 0.571. The van der Waals surface area contributed by atoms with Crippen molar-refractivity contribution >= 4 is 5.69 Å². The number of methoxy groups -OCH3 is 3. The summed E-state index contributed by atoms with van der Waals surface area (Å²) in [7, 11) is 4.78. The quantitative estimate of drug-likeness (QED) is 0.521. The van der Waals surface area contributed by atoms with Crippen LogP contribution in [0.5, 0.6) is 17.2 Å². The molecule has 6 heteroatoms. The zero-order valence-electron chi connectivity index (χ0n) is 12.3. The Morgan fingerprint density at radius 3 is 2.20 bits per heavy atom. The number of nitrogen functional groups attached to an aromatic ring is 1. The van der Waals surface area contributed by atoms with Crippen LogP contribution in [0.1, 0.15) is 6.42 Å². The van der Waals surface area contributed by atoms with E-state index in [2.05, 4.69) is 0 Å². The Morgan fingerprint density at radius 1 is 0.850 bits per heavy atom. The Hall–Kier alpha value is -1.66. The number of rotatable bonds is 10. The average Bonchev–Trinajstić information content (AvgIpc) is 2.47. The van der Waals surface area contributed by atoms with E-state index < -0.39 is 0 Å². The molecule has 6 nitrogen and oxygen atoms in total. The van der Waals surface area contributed by atoms with Gasteiger partial charge in [0.15, 0.2) is 11.5 Å². The van der Waals surface area contributed by atoms with Gasteiger partial charge >= 0.3 is 0 Å². The molecular formula is C14H23NO5. The molecule has 0 bridgehead atoms. The van der Waals surface area contributed by atoms with Crippen LogP contribution in [0.3, 0.4) is 0 Å². The number of hydrogen-bond donors (Lipinski definition) is 1. The highest BCUT2D eigenvalue weighted by molar-refractivity contribution is 5.61. The number of hydrogen-bond acceptors (Lipinski definition) is 6. The second-order valence-corrected chi connectivity index (χ2v) is 4.05. The van der Waals surface area contributed by atoms with Gasteiger partial charge in [-0.25, -0.2) is 0 Å². The highest BCUT2D eigenvalue weighted by Gasteiger charge is 2.09. The van der Waals surface area contributed by atoms with Crippen molar-refractivity contribution in [3.63, 3.8) is 0 Å². The molecule has 0 fully saturated rings. The Morgan fingerprint density at radius 2 is 1.55 bits per heavy atom. The number of benzene rings is 1. The molecule has 0 radical (unpaired) electrons. The van der Waals surface area contributed by atoms with Crippen LogP contribution >= 0.6 is 0 Å². The molecule has 1 rings (SSSR count). The van der Waals surface area contributed by atoms with Crippen LogP contribution in [-0.4, -0.2) is 47.8 Å². The molecule has 0 spiro atoms. The van der Waals surface area contributed by atoms with Gasteiger partial charge in [0.1, 0.15) is 5.75 Å². The van der Waals surface area contributed by atoms with Crippen molar-refractivity contribution < 1.29 is 23.7 Å². The second kappa shape index (κ2) is 9.28. The van der Waals surface area contributed by atoms with Gasteiger partial charge in [-0.2, -0.15) is 0 Å². The Labute approximate surface area is 119 Å². The Bertz CT molecular complexity index is 397. The molecule has 0 saturated heterocycles. The first-order valence-electron chi connectivity index (χ1n) is 6.44. The van der Waals surface area contributed by atoms with Crippen molar-refractivity contribution in [2.75, 3.05) is 53.5 Å². The van der Waals surface area contributed by atoms with Crippen molar-refractivity contribution in [3.05, 3.63) is 12.1 Å². The van der Waals surface area contributed by atoms with Crippen LogP contribution < -0.4 is 19.9 Å². The molecule has 0 unspecified atom stereocenters.